The summed E-state index contributed by atoms with van der Waals surface area (Å²) < 4.78 is 0. The summed E-state index contributed by atoms with van der Waals surface area (Å²) in [7, 11) is 0. The Bertz CT molecular complexity index is 702. The molecular formula is C18H24N4O. The van der Waals surface area contributed by atoms with Crippen molar-refractivity contribution in [1.29, 1.82) is 0 Å². The second kappa shape index (κ2) is 6.32. The lowest BCUT2D eigenvalue weighted by molar-refractivity contribution is -0.131. The summed E-state index contributed by atoms with van der Waals surface area (Å²) in [5, 5.41) is 8.37. The van der Waals surface area contributed by atoms with Gasteiger partial charge in [-0.05, 0) is 49.5 Å². The van der Waals surface area contributed by atoms with Crippen LogP contribution in [0.1, 0.15) is 36.8 Å². The number of aryl methyl sites for hydroxylation is 1. The molecule has 5 heteroatoms. The summed E-state index contributed by atoms with van der Waals surface area (Å²) >= 11 is 0. The Morgan fingerprint density at radius 1 is 1.09 bits per heavy atom. The molecule has 122 valence electrons. The Hall–Kier alpha value is -1.88. The lowest BCUT2D eigenvalue weighted by Gasteiger charge is -2.29. The molecule has 23 heavy (non-hydrogen) atoms. The Morgan fingerprint density at radius 2 is 1.96 bits per heavy atom. The van der Waals surface area contributed by atoms with Crippen LogP contribution in [0.15, 0.2) is 18.3 Å². The van der Waals surface area contributed by atoms with Crippen LogP contribution in [0.5, 0.6) is 0 Å². The highest BCUT2D eigenvalue weighted by atomic mass is 16.2. The summed E-state index contributed by atoms with van der Waals surface area (Å²) in [6, 6.07) is 4.23. The number of amides is 1. The smallest absolute Gasteiger partial charge is 0.223 e. The summed E-state index contributed by atoms with van der Waals surface area (Å²) in [6.07, 6.45) is 7.31. The Morgan fingerprint density at radius 3 is 2.83 bits per heavy atom. The maximum atomic E-state index is 12.5. The molecule has 1 N–H and O–H groups in total. The number of hydrogen-bond donors (Lipinski definition) is 1. The molecule has 0 radical (unpaired) electrons. The van der Waals surface area contributed by atoms with Gasteiger partial charge in [0.15, 0.2) is 0 Å². The van der Waals surface area contributed by atoms with E-state index in [2.05, 4.69) is 27.2 Å². The average molecular weight is 312 g/mol. The molecule has 1 aromatic heterocycles. The molecular weight excluding hydrogens is 288 g/mol. The van der Waals surface area contributed by atoms with Gasteiger partial charge in [0.25, 0.3) is 0 Å². The number of aromatic amines is 1. The van der Waals surface area contributed by atoms with Gasteiger partial charge in [-0.15, -0.1) is 0 Å². The number of likely N-dealkylation sites (tertiary alicyclic amines) is 1. The van der Waals surface area contributed by atoms with Crippen molar-refractivity contribution in [3.05, 3.63) is 29.5 Å². The van der Waals surface area contributed by atoms with Crippen molar-refractivity contribution >= 4 is 16.8 Å². The second-order valence-electron chi connectivity index (χ2n) is 6.75. The number of nitrogens with one attached hydrogen (secondary N) is 1. The van der Waals surface area contributed by atoms with Crippen LogP contribution in [0.2, 0.25) is 0 Å². The minimum Gasteiger partial charge on any atom is -0.337 e. The molecule has 3 heterocycles. The van der Waals surface area contributed by atoms with Crippen molar-refractivity contribution in [2.45, 2.75) is 38.6 Å². The van der Waals surface area contributed by atoms with Crippen LogP contribution in [0.4, 0.5) is 0 Å². The zero-order valence-corrected chi connectivity index (χ0v) is 13.6. The zero-order valence-electron chi connectivity index (χ0n) is 13.6. The average Bonchev–Trinajstić information content (AvgIpc) is 3.00. The van der Waals surface area contributed by atoms with Crippen LogP contribution in [0, 0.1) is 0 Å². The first kappa shape index (κ1) is 14.7. The molecule has 2 aliphatic heterocycles. The van der Waals surface area contributed by atoms with Crippen molar-refractivity contribution in [2.75, 3.05) is 26.2 Å². The number of piperidine rings is 1. The number of hydrogen-bond acceptors (Lipinski definition) is 3. The van der Waals surface area contributed by atoms with Gasteiger partial charge in [0.05, 0.1) is 11.7 Å². The van der Waals surface area contributed by atoms with E-state index in [4.69, 9.17) is 0 Å². The molecule has 1 fully saturated rings. The third-order valence-electron chi connectivity index (χ3n) is 5.28. The number of aromatic nitrogens is 2. The number of H-pyrrole nitrogens is 1. The fraction of sp³-hybridized carbons (Fsp3) is 0.556. The Balaban J connectivity index is 1.53. The molecule has 5 nitrogen and oxygen atoms in total. The van der Waals surface area contributed by atoms with Crippen molar-refractivity contribution in [1.82, 2.24) is 20.0 Å². The van der Waals surface area contributed by atoms with E-state index in [0.717, 1.165) is 31.6 Å². The van der Waals surface area contributed by atoms with E-state index >= 15 is 0 Å². The standard InChI is InChI=1S/C18H24N4O/c23-18-7-5-14-4-6-17-15(12-19-20-17)16(14)13-22(18)11-10-21-8-2-1-3-9-21/h4,6,12H,1-3,5,7-11,13H2,(H,19,20). The number of fused-ring (bicyclic) bond motifs is 3. The number of carbonyl (C=O) groups is 1. The first-order valence-electron chi connectivity index (χ1n) is 8.75. The SMILES string of the molecule is O=C1CCc2ccc3[nH]ncc3c2CN1CCN1CCCCC1. The molecule has 1 aromatic carbocycles. The maximum Gasteiger partial charge on any atom is 0.223 e. The van der Waals surface area contributed by atoms with E-state index in [1.165, 1.54) is 48.9 Å². The third-order valence-corrected chi connectivity index (χ3v) is 5.28. The maximum absolute atomic E-state index is 12.5. The normalized spacial score (nSPS) is 19.8. The van der Waals surface area contributed by atoms with E-state index < -0.39 is 0 Å². The number of rotatable bonds is 3. The molecule has 0 unspecified atom stereocenters. The highest BCUT2D eigenvalue weighted by Gasteiger charge is 2.23. The van der Waals surface area contributed by atoms with Crippen LogP contribution in [0.3, 0.4) is 0 Å². The van der Waals surface area contributed by atoms with Gasteiger partial charge in [-0.3, -0.25) is 9.89 Å². The summed E-state index contributed by atoms with van der Waals surface area (Å²) in [5.41, 5.74) is 3.64. The number of benzene rings is 1. The van der Waals surface area contributed by atoms with Gasteiger partial charge in [-0.25, -0.2) is 0 Å². The van der Waals surface area contributed by atoms with E-state index in [0.29, 0.717) is 6.42 Å². The van der Waals surface area contributed by atoms with Crippen molar-refractivity contribution < 1.29 is 4.79 Å². The predicted molar refractivity (Wildman–Crippen MR) is 90.1 cm³/mol. The van der Waals surface area contributed by atoms with Gasteiger partial charge in [0.1, 0.15) is 0 Å². The summed E-state index contributed by atoms with van der Waals surface area (Å²) in [6.45, 7) is 4.93. The molecule has 4 rings (SSSR count). The molecule has 0 saturated carbocycles. The van der Waals surface area contributed by atoms with Crippen molar-refractivity contribution in [3.8, 4) is 0 Å². The van der Waals surface area contributed by atoms with Crippen LogP contribution < -0.4 is 0 Å². The van der Waals surface area contributed by atoms with Crippen LogP contribution in [-0.4, -0.2) is 52.1 Å². The fourth-order valence-corrected chi connectivity index (χ4v) is 3.87. The van der Waals surface area contributed by atoms with Crippen LogP contribution in [-0.2, 0) is 17.8 Å². The predicted octanol–water partition coefficient (Wildman–Crippen LogP) is 2.32. The first-order chi connectivity index (χ1) is 11.3. The van der Waals surface area contributed by atoms with E-state index in [-0.39, 0.29) is 5.91 Å². The minimum absolute atomic E-state index is 0.287. The monoisotopic (exact) mass is 312 g/mol. The number of carbonyl (C=O) groups excluding carboxylic acids is 1. The van der Waals surface area contributed by atoms with Crippen molar-refractivity contribution in [2.24, 2.45) is 0 Å². The van der Waals surface area contributed by atoms with Gasteiger partial charge in [0.2, 0.25) is 5.91 Å². The topological polar surface area (TPSA) is 52.2 Å². The molecule has 0 atom stereocenters. The van der Waals surface area contributed by atoms with Crippen LogP contribution >= 0.6 is 0 Å². The molecule has 2 aromatic rings. The minimum atomic E-state index is 0.287. The van der Waals surface area contributed by atoms with Gasteiger partial charge in [-0.1, -0.05) is 12.5 Å². The zero-order chi connectivity index (χ0) is 15.6. The molecule has 0 bridgehead atoms. The lowest BCUT2D eigenvalue weighted by atomic mass is 10.0. The third kappa shape index (κ3) is 2.98. The van der Waals surface area contributed by atoms with Gasteiger partial charge >= 0.3 is 0 Å². The molecule has 1 amide bonds. The molecule has 1 saturated heterocycles. The highest BCUT2D eigenvalue weighted by Crippen LogP contribution is 2.26. The summed E-state index contributed by atoms with van der Waals surface area (Å²) in [4.78, 5) is 17.1. The van der Waals surface area contributed by atoms with Gasteiger partial charge in [-0.2, -0.15) is 5.10 Å². The highest BCUT2D eigenvalue weighted by molar-refractivity contribution is 5.85. The second-order valence-corrected chi connectivity index (χ2v) is 6.75. The lowest BCUT2D eigenvalue weighted by Crippen LogP contribution is -2.39. The first-order valence-corrected chi connectivity index (χ1v) is 8.75. The van der Waals surface area contributed by atoms with Crippen LogP contribution in [0.25, 0.3) is 10.9 Å². The molecule has 0 spiro atoms. The van der Waals surface area contributed by atoms with E-state index in [1.54, 1.807) is 0 Å². The Labute approximate surface area is 136 Å². The molecule has 2 aliphatic rings. The summed E-state index contributed by atoms with van der Waals surface area (Å²) in [5.74, 6) is 0.287. The fourth-order valence-electron chi connectivity index (χ4n) is 3.87. The largest absolute Gasteiger partial charge is 0.337 e. The van der Waals surface area contributed by atoms with E-state index in [9.17, 15) is 4.79 Å². The quantitative estimate of drug-likeness (QED) is 0.946. The molecule has 0 aliphatic carbocycles. The van der Waals surface area contributed by atoms with Crippen molar-refractivity contribution in [3.63, 3.8) is 0 Å². The Kier molecular flexibility index (Phi) is 4.04. The van der Waals surface area contributed by atoms with E-state index in [1.807, 2.05) is 11.1 Å². The van der Waals surface area contributed by atoms with Gasteiger partial charge in [0, 0.05) is 31.4 Å². The number of nitrogens with zero attached hydrogens (tertiary/aromatic N) is 3. The van der Waals surface area contributed by atoms with Gasteiger partial charge < -0.3 is 9.80 Å².